The van der Waals surface area contributed by atoms with E-state index in [0.717, 1.165) is 50.3 Å². The van der Waals surface area contributed by atoms with Crippen LogP contribution in [0.5, 0.6) is 0 Å². The average Bonchev–Trinajstić information content (AvgIpc) is 2.86. The molecule has 0 bridgehead atoms. The highest BCUT2D eigenvalue weighted by atomic mass is 16.1. The normalized spacial score (nSPS) is 17.4. The van der Waals surface area contributed by atoms with E-state index in [2.05, 4.69) is 26.4 Å². The van der Waals surface area contributed by atoms with Crippen LogP contribution in [0, 0.1) is 0 Å². The van der Waals surface area contributed by atoms with Crippen molar-refractivity contribution in [1.29, 1.82) is 0 Å². The predicted molar refractivity (Wildman–Crippen MR) is 83.7 cm³/mol. The Hall–Kier alpha value is -1.72. The SMILES string of the molecule is CC(=O)c1nc2ccccc2n1CCN1CCN(C)CC1. The molecular formula is C16H22N4O. The maximum absolute atomic E-state index is 11.8. The van der Waals surface area contributed by atoms with E-state index in [0.29, 0.717) is 5.82 Å². The summed E-state index contributed by atoms with van der Waals surface area (Å²) in [5.74, 6) is 0.606. The highest BCUT2D eigenvalue weighted by molar-refractivity contribution is 5.94. The average molecular weight is 286 g/mol. The summed E-state index contributed by atoms with van der Waals surface area (Å²) in [5, 5.41) is 0. The third-order valence-corrected chi connectivity index (χ3v) is 4.21. The molecule has 0 N–H and O–H groups in total. The van der Waals surface area contributed by atoms with Gasteiger partial charge in [0.05, 0.1) is 11.0 Å². The molecule has 5 heteroatoms. The Morgan fingerprint density at radius 2 is 1.86 bits per heavy atom. The molecule has 1 fully saturated rings. The zero-order valence-electron chi connectivity index (χ0n) is 12.7. The number of carbonyl (C=O) groups excluding carboxylic acids is 1. The second kappa shape index (κ2) is 5.95. The molecule has 1 aliphatic heterocycles. The third-order valence-electron chi connectivity index (χ3n) is 4.21. The van der Waals surface area contributed by atoms with E-state index in [9.17, 15) is 4.79 Å². The van der Waals surface area contributed by atoms with Crippen molar-refractivity contribution < 1.29 is 4.79 Å². The topological polar surface area (TPSA) is 41.4 Å². The van der Waals surface area contributed by atoms with Crippen LogP contribution in [0.4, 0.5) is 0 Å². The zero-order valence-corrected chi connectivity index (χ0v) is 12.7. The van der Waals surface area contributed by atoms with Crippen LogP contribution < -0.4 is 0 Å². The number of nitrogens with zero attached hydrogens (tertiary/aromatic N) is 4. The number of hydrogen-bond donors (Lipinski definition) is 0. The second-order valence-corrected chi connectivity index (χ2v) is 5.78. The minimum atomic E-state index is 0.0320. The Morgan fingerprint density at radius 1 is 1.14 bits per heavy atom. The molecule has 2 aromatic rings. The van der Waals surface area contributed by atoms with Gasteiger partial charge in [-0.3, -0.25) is 9.69 Å². The third kappa shape index (κ3) is 2.99. The number of Topliss-reactive ketones (excluding diaryl/α,β-unsaturated/α-hetero) is 1. The summed E-state index contributed by atoms with van der Waals surface area (Å²) in [4.78, 5) is 21.1. The van der Waals surface area contributed by atoms with Crippen LogP contribution in [0.2, 0.25) is 0 Å². The Balaban J connectivity index is 1.79. The van der Waals surface area contributed by atoms with Gasteiger partial charge in [-0.2, -0.15) is 0 Å². The van der Waals surface area contributed by atoms with E-state index in [1.807, 2.05) is 24.3 Å². The van der Waals surface area contributed by atoms with Gasteiger partial charge in [0.25, 0.3) is 0 Å². The van der Waals surface area contributed by atoms with Gasteiger partial charge in [0.15, 0.2) is 11.6 Å². The fourth-order valence-electron chi connectivity index (χ4n) is 2.88. The summed E-state index contributed by atoms with van der Waals surface area (Å²) >= 11 is 0. The van der Waals surface area contributed by atoms with Gasteiger partial charge in [0.1, 0.15) is 0 Å². The van der Waals surface area contributed by atoms with Crippen molar-refractivity contribution in [3.8, 4) is 0 Å². The van der Waals surface area contributed by atoms with Crippen LogP contribution in [0.1, 0.15) is 17.5 Å². The van der Waals surface area contributed by atoms with Crippen LogP contribution in [-0.2, 0) is 6.54 Å². The molecule has 21 heavy (non-hydrogen) atoms. The fourth-order valence-corrected chi connectivity index (χ4v) is 2.88. The molecule has 0 spiro atoms. The lowest BCUT2D eigenvalue weighted by atomic mass is 10.3. The van der Waals surface area contributed by atoms with E-state index in [1.54, 1.807) is 6.92 Å². The van der Waals surface area contributed by atoms with E-state index in [4.69, 9.17) is 0 Å². The number of carbonyl (C=O) groups is 1. The molecule has 0 aliphatic carbocycles. The molecule has 0 radical (unpaired) electrons. The number of hydrogen-bond acceptors (Lipinski definition) is 4. The van der Waals surface area contributed by atoms with E-state index in [-0.39, 0.29) is 5.78 Å². The molecule has 0 amide bonds. The van der Waals surface area contributed by atoms with Gasteiger partial charge in [-0.25, -0.2) is 4.98 Å². The van der Waals surface area contributed by atoms with Crippen molar-refractivity contribution in [3.05, 3.63) is 30.1 Å². The lowest BCUT2D eigenvalue weighted by molar-refractivity contribution is 0.0997. The second-order valence-electron chi connectivity index (χ2n) is 5.78. The van der Waals surface area contributed by atoms with E-state index in [1.165, 1.54) is 0 Å². The number of piperazine rings is 1. The summed E-state index contributed by atoms with van der Waals surface area (Å²) in [6.07, 6.45) is 0. The molecule has 1 saturated heterocycles. The van der Waals surface area contributed by atoms with Crippen LogP contribution >= 0.6 is 0 Å². The van der Waals surface area contributed by atoms with Crippen molar-refractivity contribution in [2.45, 2.75) is 13.5 Å². The van der Waals surface area contributed by atoms with Crippen LogP contribution in [0.3, 0.4) is 0 Å². The van der Waals surface area contributed by atoms with Gasteiger partial charge in [0, 0.05) is 46.2 Å². The Kier molecular flexibility index (Phi) is 4.03. The van der Waals surface area contributed by atoms with Crippen molar-refractivity contribution >= 4 is 16.8 Å². The number of benzene rings is 1. The first-order chi connectivity index (χ1) is 10.1. The van der Waals surface area contributed by atoms with E-state index >= 15 is 0 Å². The first-order valence-corrected chi connectivity index (χ1v) is 7.52. The lowest BCUT2D eigenvalue weighted by Crippen LogP contribution is -2.45. The number of imidazole rings is 1. The fraction of sp³-hybridized carbons (Fsp3) is 0.500. The molecule has 3 rings (SSSR count). The van der Waals surface area contributed by atoms with Gasteiger partial charge < -0.3 is 9.47 Å². The maximum Gasteiger partial charge on any atom is 0.195 e. The minimum Gasteiger partial charge on any atom is -0.320 e. The largest absolute Gasteiger partial charge is 0.320 e. The summed E-state index contributed by atoms with van der Waals surface area (Å²) in [5.41, 5.74) is 1.96. The first-order valence-electron chi connectivity index (χ1n) is 7.52. The number of rotatable bonds is 4. The van der Waals surface area contributed by atoms with Crippen molar-refractivity contribution in [1.82, 2.24) is 19.4 Å². The number of likely N-dealkylation sites (N-methyl/N-ethyl adjacent to an activating group) is 1. The van der Waals surface area contributed by atoms with Gasteiger partial charge in [0.2, 0.25) is 0 Å². The van der Waals surface area contributed by atoms with E-state index < -0.39 is 0 Å². The molecule has 1 aromatic carbocycles. The Bertz CT molecular complexity index is 641. The smallest absolute Gasteiger partial charge is 0.195 e. The zero-order chi connectivity index (χ0) is 14.8. The number of fused-ring (bicyclic) bond motifs is 1. The molecule has 112 valence electrons. The highest BCUT2D eigenvalue weighted by Gasteiger charge is 2.17. The summed E-state index contributed by atoms with van der Waals surface area (Å²) in [6.45, 7) is 7.80. The van der Waals surface area contributed by atoms with Crippen LogP contribution in [0.15, 0.2) is 24.3 Å². The monoisotopic (exact) mass is 286 g/mol. The molecular weight excluding hydrogens is 264 g/mol. The molecule has 1 aliphatic rings. The standard InChI is InChI=1S/C16H22N4O/c1-13(21)16-17-14-5-3-4-6-15(14)20(16)12-11-19-9-7-18(2)8-10-19/h3-6H,7-12H2,1-2H3. The summed E-state index contributed by atoms with van der Waals surface area (Å²) < 4.78 is 2.07. The number of aromatic nitrogens is 2. The van der Waals surface area contributed by atoms with Gasteiger partial charge in [-0.1, -0.05) is 12.1 Å². The predicted octanol–water partition coefficient (Wildman–Crippen LogP) is 1.49. The quantitative estimate of drug-likeness (QED) is 0.799. The highest BCUT2D eigenvalue weighted by Crippen LogP contribution is 2.16. The van der Waals surface area contributed by atoms with Crippen molar-refractivity contribution in [2.24, 2.45) is 0 Å². The van der Waals surface area contributed by atoms with Crippen molar-refractivity contribution in [3.63, 3.8) is 0 Å². The van der Waals surface area contributed by atoms with Crippen LogP contribution in [-0.4, -0.2) is 64.9 Å². The van der Waals surface area contributed by atoms with Gasteiger partial charge >= 0.3 is 0 Å². The Morgan fingerprint density at radius 3 is 2.57 bits per heavy atom. The van der Waals surface area contributed by atoms with Crippen molar-refractivity contribution in [2.75, 3.05) is 39.8 Å². The van der Waals surface area contributed by atoms with Gasteiger partial charge in [-0.15, -0.1) is 0 Å². The first kappa shape index (κ1) is 14.2. The van der Waals surface area contributed by atoms with Gasteiger partial charge in [-0.05, 0) is 19.2 Å². The number of ketones is 1. The molecule has 0 unspecified atom stereocenters. The molecule has 2 heterocycles. The van der Waals surface area contributed by atoms with Crippen LogP contribution in [0.25, 0.3) is 11.0 Å². The molecule has 5 nitrogen and oxygen atoms in total. The molecule has 1 aromatic heterocycles. The lowest BCUT2D eigenvalue weighted by Gasteiger charge is -2.32. The summed E-state index contributed by atoms with van der Waals surface area (Å²) in [6, 6.07) is 7.97. The minimum absolute atomic E-state index is 0.0320. The maximum atomic E-state index is 11.8. The molecule has 0 saturated carbocycles. The molecule has 0 atom stereocenters. The summed E-state index contributed by atoms with van der Waals surface area (Å²) in [7, 11) is 2.16. The Labute approximate surface area is 125 Å². The number of para-hydroxylation sites is 2.